The molecule has 2 aromatic heterocycles. The summed E-state index contributed by atoms with van der Waals surface area (Å²) in [5.74, 6) is 0.882. The summed E-state index contributed by atoms with van der Waals surface area (Å²) in [6.07, 6.45) is 6.97. The van der Waals surface area contributed by atoms with Gasteiger partial charge in [-0.25, -0.2) is 4.98 Å². The van der Waals surface area contributed by atoms with Crippen molar-refractivity contribution in [2.45, 2.75) is 13.5 Å². The van der Waals surface area contributed by atoms with Crippen LogP contribution in [-0.4, -0.2) is 19.6 Å². The SMILES string of the molecule is Cc1nccn1-c1cnccc1CO. The van der Waals surface area contributed by atoms with Crippen LogP contribution in [0.2, 0.25) is 0 Å². The monoisotopic (exact) mass is 189 g/mol. The zero-order valence-corrected chi connectivity index (χ0v) is 7.88. The molecule has 0 fully saturated rings. The van der Waals surface area contributed by atoms with E-state index in [1.165, 1.54) is 0 Å². The highest BCUT2D eigenvalue weighted by molar-refractivity contribution is 5.38. The highest BCUT2D eigenvalue weighted by Crippen LogP contribution is 2.14. The number of aromatic nitrogens is 3. The van der Waals surface area contributed by atoms with Crippen LogP contribution in [0.3, 0.4) is 0 Å². The first kappa shape index (κ1) is 8.90. The van der Waals surface area contributed by atoms with Crippen LogP contribution >= 0.6 is 0 Å². The van der Waals surface area contributed by atoms with Gasteiger partial charge in [-0.3, -0.25) is 4.98 Å². The molecule has 0 aliphatic heterocycles. The molecule has 0 saturated carbocycles. The van der Waals surface area contributed by atoms with Crippen LogP contribution in [0.5, 0.6) is 0 Å². The minimum absolute atomic E-state index is 0.00940. The molecule has 0 bridgehead atoms. The molecule has 0 atom stereocenters. The fourth-order valence-corrected chi connectivity index (χ4v) is 1.40. The van der Waals surface area contributed by atoms with Crippen LogP contribution in [-0.2, 0) is 6.61 Å². The van der Waals surface area contributed by atoms with Gasteiger partial charge in [-0.05, 0) is 13.0 Å². The third kappa shape index (κ3) is 1.40. The van der Waals surface area contributed by atoms with Crippen molar-refractivity contribution in [2.75, 3.05) is 0 Å². The van der Waals surface area contributed by atoms with Gasteiger partial charge in [0.25, 0.3) is 0 Å². The lowest BCUT2D eigenvalue weighted by Gasteiger charge is -2.08. The maximum absolute atomic E-state index is 9.15. The summed E-state index contributed by atoms with van der Waals surface area (Å²) in [6.45, 7) is 1.92. The first-order valence-corrected chi connectivity index (χ1v) is 4.37. The Morgan fingerprint density at radius 1 is 1.43 bits per heavy atom. The van der Waals surface area contributed by atoms with Gasteiger partial charge in [-0.2, -0.15) is 0 Å². The molecule has 0 unspecified atom stereocenters. The molecular weight excluding hydrogens is 178 g/mol. The summed E-state index contributed by atoms with van der Waals surface area (Å²) in [5, 5.41) is 9.15. The lowest BCUT2D eigenvalue weighted by Crippen LogP contribution is -2.01. The van der Waals surface area contributed by atoms with Gasteiger partial charge in [0.15, 0.2) is 0 Å². The van der Waals surface area contributed by atoms with Gasteiger partial charge in [0.2, 0.25) is 0 Å². The number of aliphatic hydroxyl groups excluding tert-OH is 1. The van der Waals surface area contributed by atoms with E-state index in [0.717, 1.165) is 17.1 Å². The molecule has 0 aliphatic rings. The smallest absolute Gasteiger partial charge is 0.110 e. The van der Waals surface area contributed by atoms with Crippen molar-refractivity contribution in [3.05, 3.63) is 42.2 Å². The highest BCUT2D eigenvalue weighted by atomic mass is 16.3. The van der Waals surface area contributed by atoms with Crippen LogP contribution in [0, 0.1) is 6.92 Å². The molecule has 4 nitrogen and oxygen atoms in total. The fourth-order valence-electron chi connectivity index (χ4n) is 1.40. The van der Waals surface area contributed by atoms with Crippen molar-refractivity contribution < 1.29 is 5.11 Å². The van der Waals surface area contributed by atoms with Crippen molar-refractivity contribution in [1.82, 2.24) is 14.5 Å². The molecule has 0 amide bonds. The van der Waals surface area contributed by atoms with E-state index in [9.17, 15) is 0 Å². The quantitative estimate of drug-likeness (QED) is 0.768. The largest absolute Gasteiger partial charge is 0.392 e. The lowest BCUT2D eigenvalue weighted by molar-refractivity contribution is 0.281. The summed E-state index contributed by atoms with van der Waals surface area (Å²) in [4.78, 5) is 8.15. The third-order valence-electron chi connectivity index (χ3n) is 2.14. The summed E-state index contributed by atoms with van der Waals surface area (Å²) < 4.78 is 1.90. The molecule has 0 spiro atoms. The van der Waals surface area contributed by atoms with Crippen LogP contribution in [0.4, 0.5) is 0 Å². The van der Waals surface area contributed by atoms with Crippen LogP contribution < -0.4 is 0 Å². The van der Waals surface area contributed by atoms with Crippen LogP contribution in [0.25, 0.3) is 5.69 Å². The molecule has 0 radical (unpaired) electrons. The summed E-state index contributed by atoms with van der Waals surface area (Å²) >= 11 is 0. The van der Waals surface area contributed by atoms with E-state index in [1.54, 1.807) is 24.7 Å². The fraction of sp³-hybridized carbons (Fsp3) is 0.200. The Morgan fingerprint density at radius 2 is 2.29 bits per heavy atom. The predicted molar refractivity (Wildman–Crippen MR) is 52.0 cm³/mol. The number of rotatable bonds is 2. The first-order valence-electron chi connectivity index (χ1n) is 4.37. The molecule has 2 rings (SSSR count). The van der Waals surface area contributed by atoms with Gasteiger partial charge in [-0.15, -0.1) is 0 Å². The highest BCUT2D eigenvalue weighted by Gasteiger charge is 2.05. The third-order valence-corrected chi connectivity index (χ3v) is 2.14. The molecule has 2 aromatic rings. The van der Waals surface area contributed by atoms with Crippen molar-refractivity contribution in [3.63, 3.8) is 0 Å². The molecule has 72 valence electrons. The number of pyridine rings is 1. The Kier molecular flexibility index (Phi) is 2.28. The number of nitrogens with zero attached hydrogens (tertiary/aromatic N) is 3. The molecule has 2 heterocycles. The van der Waals surface area contributed by atoms with E-state index in [0.29, 0.717) is 0 Å². The van der Waals surface area contributed by atoms with Crippen molar-refractivity contribution in [3.8, 4) is 5.69 Å². The Hall–Kier alpha value is -1.68. The zero-order valence-electron chi connectivity index (χ0n) is 7.88. The van der Waals surface area contributed by atoms with Gasteiger partial charge >= 0.3 is 0 Å². The van der Waals surface area contributed by atoms with Crippen molar-refractivity contribution in [1.29, 1.82) is 0 Å². The van der Waals surface area contributed by atoms with Gasteiger partial charge in [0, 0.05) is 24.2 Å². The van der Waals surface area contributed by atoms with Crippen molar-refractivity contribution in [2.24, 2.45) is 0 Å². The average Bonchev–Trinajstić information content (AvgIpc) is 2.64. The normalized spacial score (nSPS) is 10.4. The molecular formula is C10H11N3O. The average molecular weight is 189 g/mol. The number of aliphatic hydroxyl groups is 1. The topological polar surface area (TPSA) is 50.9 Å². The number of imidazole rings is 1. The minimum atomic E-state index is 0.00940. The van der Waals surface area contributed by atoms with E-state index in [1.807, 2.05) is 17.7 Å². The minimum Gasteiger partial charge on any atom is -0.392 e. The van der Waals surface area contributed by atoms with Crippen LogP contribution in [0.15, 0.2) is 30.9 Å². The van der Waals surface area contributed by atoms with Gasteiger partial charge in [-0.1, -0.05) is 0 Å². The maximum atomic E-state index is 9.15. The molecule has 0 saturated heterocycles. The molecule has 4 heteroatoms. The molecule has 1 N–H and O–H groups in total. The standard InChI is InChI=1S/C10H11N3O/c1-8-12-4-5-13(8)10-6-11-3-2-9(10)7-14/h2-6,14H,7H2,1H3. The van der Waals surface area contributed by atoms with Gasteiger partial charge in [0.1, 0.15) is 5.82 Å². The number of hydrogen-bond acceptors (Lipinski definition) is 3. The van der Waals surface area contributed by atoms with E-state index in [2.05, 4.69) is 9.97 Å². The van der Waals surface area contributed by atoms with Crippen LogP contribution in [0.1, 0.15) is 11.4 Å². The molecule has 14 heavy (non-hydrogen) atoms. The summed E-state index contributed by atoms with van der Waals surface area (Å²) in [7, 11) is 0. The Bertz CT molecular complexity index is 436. The molecule has 0 aliphatic carbocycles. The Labute approximate surface area is 81.9 Å². The molecule has 0 aromatic carbocycles. The predicted octanol–water partition coefficient (Wildman–Crippen LogP) is 1.07. The van der Waals surface area contributed by atoms with Gasteiger partial charge in [0.05, 0.1) is 18.5 Å². The summed E-state index contributed by atoms with van der Waals surface area (Å²) in [5.41, 5.74) is 1.73. The second-order valence-electron chi connectivity index (χ2n) is 3.01. The first-order chi connectivity index (χ1) is 6.83. The zero-order chi connectivity index (χ0) is 9.97. The van der Waals surface area contributed by atoms with Crippen molar-refractivity contribution >= 4 is 0 Å². The Morgan fingerprint density at radius 3 is 2.93 bits per heavy atom. The van der Waals surface area contributed by atoms with E-state index in [4.69, 9.17) is 5.11 Å². The number of aryl methyl sites for hydroxylation is 1. The lowest BCUT2D eigenvalue weighted by atomic mass is 10.2. The number of hydrogen-bond donors (Lipinski definition) is 1. The second-order valence-corrected chi connectivity index (χ2v) is 3.01. The Balaban J connectivity index is 2.56. The van der Waals surface area contributed by atoms with E-state index >= 15 is 0 Å². The van der Waals surface area contributed by atoms with Gasteiger partial charge < -0.3 is 9.67 Å². The van der Waals surface area contributed by atoms with E-state index < -0.39 is 0 Å². The maximum Gasteiger partial charge on any atom is 0.110 e. The summed E-state index contributed by atoms with van der Waals surface area (Å²) in [6, 6.07) is 1.80. The van der Waals surface area contributed by atoms with E-state index in [-0.39, 0.29) is 6.61 Å². The second kappa shape index (κ2) is 3.59.